The Morgan fingerprint density at radius 3 is 2.31 bits per heavy atom. The lowest BCUT2D eigenvalue weighted by Gasteiger charge is -2.13. The van der Waals surface area contributed by atoms with Crippen molar-refractivity contribution in [2.24, 2.45) is 0 Å². The average Bonchev–Trinajstić information content (AvgIpc) is 3.42. The second-order valence-electron chi connectivity index (χ2n) is 8.67. The van der Waals surface area contributed by atoms with E-state index in [9.17, 15) is 9.59 Å². The summed E-state index contributed by atoms with van der Waals surface area (Å²) in [6.07, 6.45) is 0. The molecule has 6 aromatic rings. The molecule has 3 aromatic carbocycles. The highest BCUT2D eigenvalue weighted by Gasteiger charge is 2.22. The van der Waals surface area contributed by atoms with Crippen LogP contribution in [0.5, 0.6) is 0 Å². The summed E-state index contributed by atoms with van der Waals surface area (Å²) >= 11 is 7.49. The molecule has 3 heterocycles. The first-order valence-electron chi connectivity index (χ1n) is 11.5. The minimum atomic E-state index is -0.192. The molecule has 178 valence electrons. The highest BCUT2D eigenvalue weighted by Crippen LogP contribution is 2.26. The summed E-state index contributed by atoms with van der Waals surface area (Å²) in [4.78, 5) is 32.1. The Hall–Kier alpha value is -3.94. The van der Waals surface area contributed by atoms with Gasteiger partial charge in [0.1, 0.15) is 0 Å². The van der Waals surface area contributed by atoms with Gasteiger partial charge in [0.15, 0.2) is 0 Å². The number of aromatic nitrogens is 4. The number of hydrogen-bond donors (Lipinski definition) is 0. The van der Waals surface area contributed by atoms with E-state index in [2.05, 4.69) is 0 Å². The topological polar surface area (TPSA) is 61.8 Å². The van der Waals surface area contributed by atoms with Crippen LogP contribution in [-0.4, -0.2) is 18.9 Å². The third-order valence-corrected chi connectivity index (χ3v) is 7.63. The van der Waals surface area contributed by atoms with Crippen molar-refractivity contribution in [2.75, 3.05) is 0 Å². The van der Waals surface area contributed by atoms with Gasteiger partial charge in [-0.1, -0.05) is 77.5 Å². The lowest BCUT2D eigenvalue weighted by molar-refractivity contribution is 0.610. The number of halogens is 1. The fraction of sp³-hybridized carbons (Fsp3) is 0.107. The smallest absolute Gasteiger partial charge is 0.283 e. The maximum atomic E-state index is 14.0. The zero-order chi connectivity index (χ0) is 24.8. The third-order valence-electron chi connectivity index (χ3n) is 6.37. The number of aryl methyl sites for hydroxylation is 1. The first kappa shape index (κ1) is 22.5. The van der Waals surface area contributed by atoms with Crippen LogP contribution in [0.1, 0.15) is 16.8 Å². The highest BCUT2D eigenvalue weighted by molar-refractivity contribution is 7.20. The van der Waals surface area contributed by atoms with Gasteiger partial charge in [0.25, 0.3) is 11.1 Å². The van der Waals surface area contributed by atoms with Crippen molar-refractivity contribution in [2.45, 2.75) is 20.0 Å². The van der Waals surface area contributed by atoms with Crippen molar-refractivity contribution >= 4 is 44.1 Å². The molecule has 0 saturated heterocycles. The minimum Gasteiger partial charge on any atom is -0.308 e. The molecule has 0 radical (unpaired) electrons. The molecule has 0 aliphatic heterocycles. The van der Waals surface area contributed by atoms with E-state index < -0.39 is 0 Å². The van der Waals surface area contributed by atoms with Crippen LogP contribution in [0.15, 0.2) is 94.5 Å². The second kappa shape index (κ2) is 8.93. The Morgan fingerprint density at radius 2 is 1.56 bits per heavy atom. The van der Waals surface area contributed by atoms with Gasteiger partial charge in [-0.15, -0.1) is 0 Å². The predicted octanol–water partition coefficient (Wildman–Crippen LogP) is 5.62. The normalized spacial score (nSPS) is 11.5. The van der Waals surface area contributed by atoms with Crippen LogP contribution in [0.25, 0.3) is 26.3 Å². The largest absolute Gasteiger partial charge is 0.308 e. The second-order valence-corrected chi connectivity index (χ2v) is 10.1. The molecule has 8 heteroatoms. The number of para-hydroxylation sites is 1. The summed E-state index contributed by atoms with van der Waals surface area (Å²) in [6, 6.07) is 26.7. The molecule has 0 unspecified atom stereocenters. The van der Waals surface area contributed by atoms with E-state index in [0.717, 1.165) is 21.3 Å². The molecule has 6 rings (SSSR count). The van der Waals surface area contributed by atoms with Crippen LogP contribution in [0.4, 0.5) is 0 Å². The molecule has 0 spiro atoms. The molecule has 0 bridgehead atoms. The minimum absolute atomic E-state index is 0.168. The third kappa shape index (κ3) is 3.86. The van der Waals surface area contributed by atoms with E-state index in [0.29, 0.717) is 39.8 Å². The quantitative estimate of drug-likeness (QED) is 0.301. The number of thiazole rings is 1. The van der Waals surface area contributed by atoms with Crippen LogP contribution >= 0.6 is 22.9 Å². The lowest BCUT2D eigenvalue weighted by atomic mass is 10.2. The molecule has 6 nitrogen and oxygen atoms in total. The molecule has 0 saturated carbocycles. The standard InChI is InChI=1S/C28H21ClN4O2S/c1-18-26-23(15-25(34)31(18)16-20-11-13-21(29)14-12-20)32(17-19-7-3-2-4-8-19)33(27(26)35)28-30-22-9-5-6-10-24(22)36-28/h2-15H,16-17H2,1H3. The van der Waals surface area contributed by atoms with E-state index in [1.807, 2.05) is 78.3 Å². The van der Waals surface area contributed by atoms with Gasteiger partial charge in [-0.05, 0) is 42.3 Å². The van der Waals surface area contributed by atoms with Gasteiger partial charge >= 0.3 is 0 Å². The monoisotopic (exact) mass is 512 g/mol. The molecular weight excluding hydrogens is 492 g/mol. The molecule has 0 aliphatic carbocycles. The van der Waals surface area contributed by atoms with E-state index in [4.69, 9.17) is 16.6 Å². The number of rotatable bonds is 5. The number of pyridine rings is 1. The first-order chi connectivity index (χ1) is 17.5. The van der Waals surface area contributed by atoms with Crippen LogP contribution in [-0.2, 0) is 13.1 Å². The van der Waals surface area contributed by atoms with E-state index in [1.54, 1.807) is 27.4 Å². The molecule has 0 atom stereocenters. The van der Waals surface area contributed by atoms with Gasteiger partial charge in [-0.25, -0.2) is 4.98 Å². The molecule has 3 aromatic heterocycles. The van der Waals surface area contributed by atoms with Crippen molar-refractivity contribution in [1.29, 1.82) is 0 Å². The highest BCUT2D eigenvalue weighted by atomic mass is 35.5. The predicted molar refractivity (Wildman–Crippen MR) is 146 cm³/mol. The van der Waals surface area contributed by atoms with Gasteiger partial charge in [-0.3, -0.25) is 14.3 Å². The maximum Gasteiger partial charge on any atom is 0.283 e. The summed E-state index contributed by atoms with van der Waals surface area (Å²) < 4.78 is 6.12. The molecule has 0 amide bonds. The summed E-state index contributed by atoms with van der Waals surface area (Å²) in [5.41, 5.74) is 3.64. The Balaban J connectivity index is 1.60. The van der Waals surface area contributed by atoms with E-state index >= 15 is 0 Å². The summed E-state index contributed by atoms with van der Waals surface area (Å²) in [5.74, 6) is 0. The van der Waals surface area contributed by atoms with Gasteiger partial charge in [0.05, 0.1) is 34.2 Å². The molecule has 0 fully saturated rings. The van der Waals surface area contributed by atoms with Crippen LogP contribution < -0.4 is 11.1 Å². The van der Waals surface area contributed by atoms with Crippen molar-refractivity contribution in [3.8, 4) is 5.13 Å². The zero-order valence-corrected chi connectivity index (χ0v) is 21.0. The molecular formula is C28H21ClN4O2S. The van der Waals surface area contributed by atoms with Crippen molar-refractivity contribution in [1.82, 2.24) is 18.9 Å². The molecule has 36 heavy (non-hydrogen) atoms. The van der Waals surface area contributed by atoms with Gasteiger partial charge in [0, 0.05) is 16.8 Å². The number of nitrogens with zero attached hydrogens (tertiary/aromatic N) is 4. The zero-order valence-electron chi connectivity index (χ0n) is 19.4. The SMILES string of the molecule is Cc1c2c(=O)n(-c3nc4ccccc4s3)n(Cc3ccccc3)c2cc(=O)n1Cc1ccc(Cl)cc1. The average molecular weight is 513 g/mol. The van der Waals surface area contributed by atoms with Crippen molar-refractivity contribution < 1.29 is 0 Å². The van der Waals surface area contributed by atoms with Crippen LogP contribution in [0.3, 0.4) is 0 Å². The van der Waals surface area contributed by atoms with Crippen LogP contribution in [0, 0.1) is 6.92 Å². The number of hydrogen-bond acceptors (Lipinski definition) is 4. The van der Waals surface area contributed by atoms with Gasteiger partial charge in [0.2, 0.25) is 5.13 Å². The lowest BCUT2D eigenvalue weighted by Crippen LogP contribution is -2.23. The Morgan fingerprint density at radius 1 is 0.861 bits per heavy atom. The van der Waals surface area contributed by atoms with Crippen molar-refractivity contribution in [3.05, 3.63) is 127 Å². The summed E-state index contributed by atoms with van der Waals surface area (Å²) in [7, 11) is 0. The fourth-order valence-corrected chi connectivity index (χ4v) is 5.67. The Bertz CT molecular complexity index is 1810. The number of benzene rings is 3. The van der Waals surface area contributed by atoms with Crippen molar-refractivity contribution in [3.63, 3.8) is 0 Å². The Kier molecular flexibility index (Phi) is 5.59. The maximum absolute atomic E-state index is 14.0. The van der Waals surface area contributed by atoms with Gasteiger partial charge in [-0.2, -0.15) is 4.68 Å². The summed E-state index contributed by atoms with van der Waals surface area (Å²) in [5, 5.41) is 1.72. The van der Waals surface area contributed by atoms with E-state index in [1.165, 1.54) is 11.3 Å². The fourth-order valence-electron chi connectivity index (χ4n) is 4.57. The Labute approximate surface area is 215 Å². The molecule has 0 aliphatic rings. The number of fused-ring (bicyclic) bond motifs is 2. The van der Waals surface area contributed by atoms with Crippen LogP contribution in [0.2, 0.25) is 5.02 Å². The van der Waals surface area contributed by atoms with Gasteiger partial charge < -0.3 is 4.57 Å². The summed E-state index contributed by atoms with van der Waals surface area (Å²) in [6.45, 7) is 2.61. The molecule has 0 N–H and O–H groups in total. The first-order valence-corrected chi connectivity index (χ1v) is 12.7. The van der Waals surface area contributed by atoms with E-state index in [-0.39, 0.29) is 11.1 Å².